The van der Waals surface area contributed by atoms with E-state index in [9.17, 15) is 5.11 Å². The number of rotatable bonds is 1. The molecule has 90 valence electrons. The molecule has 0 aromatic heterocycles. The van der Waals surface area contributed by atoms with E-state index < -0.39 is 0 Å². The van der Waals surface area contributed by atoms with Gasteiger partial charge in [0.1, 0.15) is 0 Å². The Morgan fingerprint density at radius 2 is 2.12 bits per heavy atom. The molecule has 0 aromatic carbocycles. The maximum Gasteiger partial charge on any atom is 0.0579 e. The zero-order valence-corrected chi connectivity index (χ0v) is 10.9. The molecule has 2 saturated carbocycles. The first-order valence-electron chi connectivity index (χ1n) is 6.81. The molecule has 2 fully saturated rings. The van der Waals surface area contributed by atoms with Crippen molar-refractivity contribution < 1.29 is 5.11 Å². The monoisotopic (exact) mass is 220 g/mol. The summed E-state index contributed by atoms with van der Waals surface area (Å²) < 4.78 is 0. The molecule has 4 aliphatic rings. The van der Waals surface area contributed by atoms with Gasteiger partial charge in [-0.1, -0.05) is 32.4 Å². The average Bonchev–Trinajstić information content (AvgIpc) is 2.15. The molecule has 0 amide bonds. The Kier molecular flexibility index (Phi) is 2.12. The van der Waals surface area contributed by atoms with Crippen molar-refractivity contribution in [1.29, 1.82) is 0 Å². The lowest BCUT2D eigenvalue weighted by molar-refractivity contribution is -0.224. The van der Waals surface area contributed by atoms with Gasteiger partial charge in [-0.2, -0.15) is 0 Å². The third-order valence-electron chi connectivity index (χ3n) is 5.90. The zero-order chi connectivity index (χ0) is 11.7. The number of allylic oxidation sites excluding steroid dienone is 2. The second kappa shape index (κ2) is 3.13. The van der Waals surface area contributed by atoms with Gasteiger partial charge in [0.05, 0.1) is 6.10 Å². The fourth-order valence-corrected chi connectivity index (χ4v) is 5.41. The van der Waals surface area contributed by atoms with E-state index in [0.29, 0.717) is 17.3 Å². The van der Waals surface area contributed by atoms with Crippen LogP contribution in [0, 0.1) is 35.0 Å². The van der Waals surface area contributed by atoms with Crippen LogP contribution in [-0.2, 0) is 0 Å². The summed E-state index contributed by atoms with van der Waals surface area (Å²) in [6.07, 6.45) is 4.70. The van der Waals surface area contributed by atoms with Crippen molar-refractivity contribution in [3.8, 4) is 0 Å². The minimum atomic E-state index is -0.0478. The van der Waals surface area contributed by atoms with Gasteiger partial charge < -0.3 is 5.11 Å². The molecule has 4 aliphatic carbocycles. The summed E-state index contributed by atoms with van der Waals surface area (Å²) in [5, 5.41) is 10.3. The number of fused-ring (bicyclic) bond motifs is 1. The lowest BCUT2D eigenvalue weighted by Crippen LogP contribution is -2.67. The maximum atomic E-state index is 10.3. The van der Waals surface area contributed by atoms with Crippen LogP contribution in [0.4, 0.5) is 0 Å². The normalized spacial score (nSPS) is 54.6. The van der Waals surface area contributed by atoms with E-state index in [-0.39, 0.29) is 6.10 Å². The van der Waals surface area contributed by atoms with Gasteiger partial charge in [-0.15, -0.1) is 0 Å². The molecular weight excluding hydrogens is 196 g/mol. The number of hydrogen-bond donors (Lipinski definition) is 1. The van der Waals surface area contributed by atoms with Crippen LogP contribution in [0.15, 0.2) is 11.6 Å². The lowest BCUT2D eigenvalue weighted by atomic mass is 9.34. The van der Waals surface area contributed by atoms with Crippen molar-refractivity contribution in [3.63, 3.8) is 0 Å². The summed E-state index contributed by atoms with van der Waals surface area (Å²) >= 11 is 0. The van der Waals surface area contributed by atoms with E-state index in [1.54, 1.807) is 5.57 Å². The van der Waals surface area contributed by atoms with E-state index >= 15 is 0 Å². The van der Waals surface area contributed by atoms with Crippen LogP contribution >= 0.6 is 0 Å². The quantitative estimate of drug-likeness (QED) is 0.673. The van der Waals surface area contributed by atoms with Crippen LogP contribution in [-0.4, -0.2) is 11.2 Å². The van der Waals surface area contributed by atoms with Crippen LogP contribution in [0.2, 0.25) is 0 Å². The Bertz CT molecular complexity index is 343. The van der Waals surface area contributed by atoms with Gasteiger partial charge in [-0.3, -0.25) is 0 Å². The molecule has 0 heterocycles. The van der Waals surface area contributed by atoms with Crippen molar-refractivity contribution in [3.05, 3.63) is 11.6 Å². The fourth-order valence-electron chi connectivity index (χ4n) is 5.41. The molecule has 0 aromatic rings. The average molecular weight is 220 g/mol. The first-order valence-corrected chi connectivity index (χ1v) is 6.81. The maximum absolute atomic E-state index is 10.3. The largest absolute Gasteiger partial charge is 0.393 e. The van der Waals surface area contributed by atoms with Crippen LogP contribution < -0.4 is 0 Å². The fraction of sp³-hybridized carbons (Fsp3) is 0.867. The summed E-state index contributed by atoms with van der Waals surface area (Å²) in [6, 6.07) is 0. The predicted molar refractivity (Wildman–Crippen MR) is 65.9 cm³/mol. The molecule has 0 unspecified atom stereocenters. The summed E-state index contributed by atoms with van der Waals surface area (Å²) in [6.45, 7) is 9.28. The van der Waals surface area contributed by atoms with Gasteiger partial charge in [0, 0.05) is 0 Å². The number of aliphatic hydroxyl groups excluding tert-OH is 1. The molecule has 1 nitrogen and oxygen atoms in total. The molecule has 1 heteroatoms. The van der Waals surface area contributed by atoms with Crippen molar-refractivity contribution in [2.75, 3.05) is 0 Å². The summed E-state index contributed by atoms with van der Waals surface area (Å²) in [5.41, 5.74) is 2.03. The SMILES string of the molecule is CC1=CC[C@H]2[C@H]3[C@H](C(C)C)[C@H](O)C[C@]2(C)[C@@H]13. The van der Waals surface area contributed by atoms with Gasteiger partial charge in [0.2, 0.25) is 0 Å². The molecule has 1 N–H and O–H groups in total. The highest BCUT2D eigenvalue weighted by molar-refractivity contribution is 5.29. The predicted octanol–water partition coefficient (Wildman–Crippen LogP) is 3.24. The molecule has 0 aliphatic heterocycles. The number of hydrogen-bond acceptors (Lipinski definition) is 1. The molecule has 4 bridgehead atoms. The third kappa shape index (κ3) is 1.06. The Hall–Kier alpha value is -0.300. The van der Waals surface area contributed by atoms with E-state index in [1.165, 1.54) is 6.42 Å². The van der Waals surface area contributed by atoms with Crippen LogP contribution in [0.1, 0.15) is 40.5 Å². The van der Waals surface area contributed by atoms with Gasteiger partial charge in [-0.25, -0.2) is 0 Å². The molecule has 0 spiro atoms. The topological polar surface area (TPSA) is 20.2 Å². The Labute approximate surface area is 98.9 Å². The standard InChI is InChI=1S/C15H24O/c1-8(2)12-11(16)7-15(4)10-6-5-9(3)14(15)13(10)12/h5,8,10-14,16H,6-7H2,1-4H3/t10-,11+,12+,13-,14-,15-/m0/s1. The van der Waals surface area contributed by atoms with Crippen LogP contribution in [0.25, 0.3) is 0 Å². The van der Waals surface area contributed by atoms with Gasteiger partial charge in [-0.05, 0) is 54.8 Å². The van der Waals surface area contributed by atoms with E-state index in [1.807, 2.05) is 0 Å². The lowest BCUT2D eigenvalue weighted by Gasteiger charge is -2.71. The Morgan fingerprint density at radius 3 is 2.69 bits per heavy atom. The van der Waals surface area contributed by atoms with Crippen molar-refractivity contribution in [2.45, 2.75) is 46.6 Å². The molecule has 16 heavy (non-hydrogen) atoms. The first kappa shape index (κ1) is 10.8. The van der Waals surface area contributed by atoms with Crippen LogP contribution in [0.5, 0.6) is 0 Å². The molecule has 0 saturated heterocycles. The Morgan fingerprint density at radius 1 is 1.44 bits per heavy atom. The van der Waals surface area contributed by atoms with Crippen molar-refractivity contribution in [2.24, 2.45) is 35.0 Å². The second-order valence-electron chi connectivity index (χ2n) is 6.94. The van der Waals surface area contributed by atoms with E-state index in [2.05, 4.69) is 33.8 Å². The van der Waals surface area contributed by atoms with Gasteiger partial charge >= 0.3 is 0 Å². The highest BCUT2D eigenvalue weighted by Gasteiger charge is 2.67. The first-order chi connectivity index (χ1) is 7.47. The molecule has 4 rings (SSSR count). The molecular formula is C15H24O. The van der Waals surface area contributed by atoms with Crippen LogP contribution in [0.3, 0.4) is 0 Å². The van der Waals surface area contributed by atoms with Crippen molar-refractivity contribution in [1.82, 2.24) is 0 Å². The van der Waals surface area contributed by atoms with Crippen molar-refractivity contribution >= 4 is 0 Å². The third-order valence-corrected chi connectivity index (χ3v) is 5.90. The van der Waals surface area contributed by atoms with E-state index in [4.69, 9.17) is 0 Å². The minimum Gasteiger partial charge on any atom is -0.393 e. The summed E-state index contributed by atoms with van der Waals surface area (Å²) in [7, 11) is 0. The van der Waals surface area contributed by atoms with Gasteiger partial charge in [0.25, 0.3) is 0 Å². The van der Waals surface area contributed by atoms with Gasteiger partial charge in [0.15, 0.2) is 0 Å². The zero-order valence-electron chi connectivity index (χ0n) is 10.9. The number of aliphatic hydroxyl groups is 1. The molecule has 0 radical (unpaired) electrons. The minimum absolute atomic E-state index is 0.0478. The smallest absolute Gasteiger partial charge is 0.0579 e. The van der Waals surface area contributed by atoms with E-state index in [0.717, 1.165) is 24.2 Å². The Balaban J connectivity index is 1.98. The second-order valence-corrected chi connectivity index (χ2v) is 6.94. The molecule has 6 atom stereocenters. The highest BCUT2D eigenvalue weighted by Crippen LogP contribution is 2.71. The summed E-state index contributed by atoms with van der Waals surface area (Å²) in [4.78, 5) is 0. The summed E-state index contributed by atoms with van der Waals surface area (Å²) in [5.74, 6) is 3.58. The highest BCUT2D eigenvalue weighted by atomic mass is 16.3.